The second-order valence-electron chi connectivity index (χ2n) is 4.92. The van der Waals surface area contributed by atoms with Crippen LogP contribution in [0.3, 0.4) is 0 Å². The molecule has 0 amide bonds. The molecule has 0 radical (unpaired) electrons. The van der Waals surface area contributed by atoms with Gasteiger partial charge in [0.2, 0.25) is 0 Å². The van der Waals surface area contributed by atoms with Gasteiger partial charge in [0.25, 0.3) is 0 Å². The van der Waals surface area contributed by atoms with E-state index in [-0.39, 0.29) is 11.9 Å². The molecule has 94 valence electrons. The van der Waals surface area contributed by atoms with E-state index < -0.39 is 5.60 Å². The minimum atomic E-state index is -1.04. The summed E-state index contributed by atoms with van der Waals surface area (Å²) in [6, 6.07) is 5.36. The van der Waals surface area contributed by atoms with Gasteiger partial charge in [-0.15, -0.1) is 0 Å². The molecule has 1 heterocycles. The van der Waals surface area contributed by atoms with E-state index in [0.717, 1.165) is 6.54 Å². The van der Waals surface area contributed by atoms with Crippen molar-refractivity contribution in [1.29, 1.82) is 0 Å². The van der Waals surface area contributed by atoms with E-state index in [2.05, 4.69) is 27.8 Å². The minimum Gasteiger partial charge on any atom is -0.385 e. The fraction of sp³-hybridized carbons (Fsp3) is 0.538. The van der Waals surface area contributed by atoms with Crippen molar-refractivity contribution in [2.45, 2.75) is 31.4 Å². The molecule has 1 saturated heterocycles. The van der Waals surface area contributed by atoms with Crippen LogP contribution >= 0.6 is 15.9 Å². The van der Waals surface area contributed by atoms with Crippen LogP contribution in [0.2, 0.25) is 0 Å². The molecule has 2 rings (SSSR count). The Kier molecular flexibility index (Phi) is 3.57. The van der Waals surface area contributed by atoms with Crippen LogP contribution in [-0.4, -0.2) is 29.6 Å². The van der Waals surface area contributed by atoms with Gasteiger partial charge >= 0.3 is 0 Å². The lowest BCUT2D eigenvalue weighted by atomic mass is 9.81. The molecule has 0 aromatic heterocycles. The van der Waals surface area contributed by atoms with Crippen molar-refractivity contribution >= 4 is 15.9 Å². The number of nitrogens with zero attached hydrogens (tertiary/aromatic N) is 1. The van der Waals surface area contributed by atoms with E-state index in [0.29, 0.717) is 22.9 Å². The zero-order valence-electron chi connectivity index (χ0n) is 10.1. The molecule has 1 aliphatic rings. The largest absolute Gasteiger partial charge is 0.385 e. The van der Waals surface area contributed by atoms with Crippen molar-refractivity contribution in [3.05, 3.63) is 34.1 Å². The third-order valence-electron chi connectivity index (χ3n) is 3.72. The van der Waals surface area contributed by atoms with Crippen molar-refractivity contribution in [2.24, 2.45) is 0 Å². The van der Waals surface area contributed by atoms with Crippen LogP contribution in [-0.2, 0) is 5.60 Å². The van der Waals surface area contributed by atoms with Gasteiger partial charge in [-0.05, 0) is 48.8 Å². The van der Waals surface area contributed by atoms with Gasteiger partial charge in [-0.2, -0.15) is 0 Å². The Hall–Kier alpha value is -0.450. The molecule has 0 aliphatic carbocycles. The van der Waals surface area contributed by atoms with Crippen LogP contribution in [0, 0.1) is 5.82 Å². The van der Waals surface area contributed by atoms with Gasteiger partial charge in [-0.25, -0.2) is 4.39 Å². The Morgan fingerprint density at radius 2 is 2.24 bits per heavy atom. The number of hydrogen-bond acceptors (Lipinski definition) is 2. The predicted molar refractivity (Wildman–Crippen MR) is 69.3 cm³/mol. The maximum absolute atomic E-state index is 14.0. The Balaban J connectivity index is 2.35. The average molecular weight is 302 g/mol. The Labute approximate surface area is 110 Å². The first-order valence-electron chi connectivity index (χ1n) is 5.81. The van der Waals surface area contributed by atoms with Crippen LogP contribution in [0.4, 0.5) is 4.39 Å². The summed E-state index contributed by atoms with van der Waals surface area (Å²) in [5.74, 6) is -0.341. The number of piperidine rings is 1. The van der Waals surface area contributed by atoms with E-state index >= 15 is 0 Å². The smallest absolute Gasteiger partial charge is 0.143 e. The highest BCUT2D eigenvalue weighted by atomic mass is 79.9. The molecule has 1 aromatic carbocycles. The molecule has 1 fully saturated rings. The van der Waals surface area contributed by atoms with Gasteiger partial charge in [0.05, 0.1) is 10.1 Å². The maximum Gasteiger partial charge on any atom is 0.143 e. The highest BCUT2D eigenvalue weighted by Crippen LogP contribution is 2.37. The third kappa shape index (κ3) is 2.39. The van der Waals surface area contributed by atoms with E-state index in [1.807, 2.05) is 7.05 Å². The fourth-order valence-electron chi connectivity index (χ4n) is 2.44. The van der Waals surface area contributed by atoms with Crippen molar-refractivity contribution in [2.75, 3.05) is 13.6 Å². The SMILES string of the molecule is CC1CC(O)(c2cccc(Br)c2F)CCN1C. The molecule has 17 heavy (non-hydrogen) atoms. The van der Waals surface area contributed by atoms with E-state index in [9.17, 15) is 9.50 Å². The first kappa shape index (κ1) is 13.0. The van der Waals surface area contributed by atoms with Gasteiger partial charge < -0.3 is 10.0 Å². The van der Waals surface area contributed by atoms with Crippen LogP contribution in [0.25, 0.3) is 0 Å². The molecule has 0 bridgehead atoms. The van der Waals surface area contributed by atoms with Gasteiger partial charge in [0.15, 0.2) is 0 Å². The summed E-state index contributed by atoms with van der Waals surface area (Å²) in [5.41, 5.74) is -0.633. The zero-order valence-corrected chi connectivity index (χ0v) is 11.7. The van der Waals surface area contributed by atoms with E-state index in [1.165, 1.54) is 0 Å². The second-order valence-corrected chi connectivity index (χ2v) is 5.77. The summed E-state index contributed by atoms with van der Waals surface area (Å²) in [7, 11) is 2.03. The monoisotopic (exact) mass is 301 g/mol. The van der Waals surface area contributed by atoms with Gasteiger partial charge in [0.1, 0.15) is 5.82 Å². The normalized spacial score (nSPS) is 30.5. The quantitative estimate of drug-likeness (QED) is 0.862. The Bertz CT molecular complexity index is 426. The number of aliphatic hydroxyl groups is 1. The summed E-state index contributed by atoms with van der Waals surface area (Å²) in [6.45, 7) is 2.84. The molecule has 2 unspecified atom stereocenters. The average Bonchev–Trinajstić information content (AvgIpc) is 2.28. The lowest BCUT2D eigenvalue weighted by Gasteiger charge is -2.41. The van der Waals surface area contributed by atoms with Crippen LogP contribution in [0.5, 0.6) is 0 Å². The lowest BCUT2D eigenvalue weighted by molar-refractivity contribution is -0.0432. The van der Waals surface area contributed by atoms with Crippen molar-refractivity contribution < 1.29 is 9.50 Å². The number of likely N-dealkylation sites (tertiary alicyclic amines) is 1. The molecule has 0 spiro atoms. The summed E-state index contributed by atoms with van der Waals surface area (Å²) < 4.78 is 14.4. The number of benzene rings is 1. The Morgan fingerprint density at radius 3 is 2.88 bits per heavy atom. The summed E-state index contributed by atoms with van der Waals surface area (Å²) in [6.07, 6.45) is 1.14. The minimum absolute atomic E-state index is 0.257. The highest BCUT2D eigenvalue weighted by Gasteiger charge is 2.38. The number of hydrogen-bond donors (Lipinski definition) is 1. The molecule has 4 heteroatoms. The topological polar surface area (TPSA) is 23.5 Å². The molecule has 2 nitrogen and oxygen atoms in total. The summed E-state index contributed by atoms with van der Waals surface area (Å²) in [5, 5.41) is 10.6. The Morgan fingerprint density at radius 1 is 1.53 bits per heavy atom. The third-order valence-corrected chi connectivity index (χ3v) is 4.33. The first-order chi connectivity index (χ1) is 7.94. The molecule has 1 N–H and O–H groups in total. The van der Waals surface area contributed by atoms with Crippen molar-refractivity contribution in [3.8, 4) is 0 Å². The highest BCUT2D eigenvalue weighted by molar-refractivity contribution is 9.10. The van der Waals surface area contributed by atoms with Gasteiger partial charge in [0, 0.05) is 18.2 Å². The zero-order chi connectivity index (χ0) is 12.6. The first-order valence-corrected chi connectivity index (χ1v) is 6.60. The molecular formula is C13H17BrFNO. The number of rotatable bonds is 1. The summed E-state index contributed by atoms with van der Waals surface area (Å²) >= 11 is 3.17. The van der Waals surface area contributed by atoms with Crippen LogP contribution in [0.15, 0.2) is 22.7 Å². The van der Waals surface area contributed by atoms with Crippen LogP contribution < -0.4 is 0 Å². The van der Waals surface area contributed by atoms with E-state index in [4.69, 9.17) is 0 Å². The summed E-state index contributed by atoms with van der Waals surface area (Å²) in [4.78, 5) is 2.18. The van der Waals surface area contributed by atoms with Gasteiger partial charge in [-0.1, -0.05) is 12.1 Å². The fourth-order valence-corrected chi connectivity index (χ4v) is 2.80. The molecule has 1 aromatic rings. The predicted octanol–water partition coefficient (Wildman–Crippen LogP) is 2.89. The molecule has 2 atom stereocenters. The van der Waals surface area contributed by atoms with E-state index in [1.54, 1.807) is 18.2 Å². The second kappa shape index (κ2) is 4.67. The van der Waals surface area contributed by atoms with Gasteiger partial charge in [-0.3, -0.25) is 0 Å². The van der Waals surface area contributed by atoms with Crippen molar-refractivity contribution in [1.82, 2.24) is 4.90 Å². The number of halogens is 2. The lowest BCUT2D eigenvalue weighted by Crippen LogP contribution is -2.46. The van der Waals surface area contributed by atoms with Crippen molar-refractivity contribution in [3.63, 3.8) is 0 Å². The molecule has 1 aliphatic heterocycles. The molecular weight excluding hydrogens is 285 g/mol. The standard InChI is InChI=1S/C13H17BrFNO/c1-9-8-13(17,6-7-16(9)2)10-4-3-5-11(14)12(10)15/h3-5,9,17H,6-8H2,1-2H3. The van der Waals surface area contributed by atoms with Crippen LogP contribution in [0.1, 0.15) is 25.3 Å². The maximum atomic E-state index is 14.0. The molecule has 0 saturated carbocycles.